The maximum absolute atomic E-state index is 14.3. The van der Waals surface area contributed by atoms with Gasteiger partial charge in [-0.2, -0.15) is 0 Å². The fraction of sp³-hybridized carbons (Fsp3) is 0.190. The van der Waals surface area contributed by atoms with Gasteiger partial charge in [-0.3, -0.25) is 4.79 Å². The van der Waals surface area contributed by atoms with Gasteiger partial charge in [0.25, 0.3) is 0 Å². The van der Waals surface area contributed by atoms with Crippen molar-refractivity contribution in [3.05, 3.63) is 89.0 Å². The van der Waals surface area contributed by atoms with Crippen molar-refractivity contribution < 1.29 is 22.3 Å². The molecule has 0 radical (unpaired) electrons. The van der Waals surface area contributed by atoms with E-state index >= 15 is 0 Å². The molecule has 1 unspecified atom stereocenters. The van der Waals surface area contributed by atoms with Crippen molar-refractivity contribution in [2.75, 3.05) is 7.11 Å². The standard InChI is InChI=1S/C21H21FN2O4S/c1-24-15(12-20(29(23,26)27)14-6-4-3-5-7-14)8-11-19(24)21(25)17-10-9-16(28-2)13-18(17)22/h3-11,13,20H,12H2,1-2H3,(H2,23,26,27). The number of hydrogen-bond acceptors (Lipinski definition) is 4. The summed E-state index contributed by atoms with van der Waals surface area (Å²) >= 11 is 0. The lowest BCUT2D eigenvalue weighted by atomic mass is 10.1. The van der Waals surface area contributed by atoms with E-state index in [1.54, 1.807) is 54.1 Å². The molecule has 1 aromatic heterocycles. The molecule has 29 heavy (non-hydrogen) atoms. The van der Waals surface area contributed by atoms with Gasteiger partial charge in [-0.05, 0) is 29.8 Å². The lowest BCUT2D eigenvalue weighted by Crippen LogP contribution is -2.24. The number of methoxy groups -OCH3 is 1. The van der Waals surface area contributed by atoms with Crippen molar-refractivity contribution in [3.8, 4) is 5.75 Å². The normalized spacial score (nSPS) is 12.6. The SMILES string of the molecule is COc1ccc(C(=O)c2ccc(CC(c3ccccc3)S(N)(=O)=O)n2C)c(F)c1. The van der Waals surface area contributed by atoms with Gasteiger partial charge in [-0.25, -0.2) is 17.9 Å². The highest BCUT2D eigenvalue weighted by molar-refractivity contribution is 7.89. The van der Waals surface area contributed by atoms with Gasteiger partial charge in [-0.15, -0.1) is 0 Å². The minimum absolute atomic E-state index is 0.0811. The molecule has 2 N–H and O–H groups in total. The smallest absolute Gasteiger partial charge is 0.216 e. The second-order valence-corrected chi connectivity index (χ2v) is 8.38. The monoisotopic (exact) mass is 416 g/mol. The van der Waals surface area contributed by atoms with Crippen molar-refractivity contribution in [2.45, 2.75) is 11.7 Å². The summed E-state index contributed by atoms with van der Waals surface area (Å²) < 4.78 is 45.1. The Morgan fingerprint density at radius 2 is 1.83 bits per heavy atom. The second kappa shape index (κ2) is 8.18. The van der Waals surface area contributed by atoms with Gasteiger partial charge in [0.15, 0.2) is 0 Å². The third-order valence-corrected chi connectivity index (χ3v) is 6.07. The number of nitrogens with zero attached hydrogens (tertiary/aromatic N) is 1. The Hall–Kier alpha value is -2.97. The molecular weight excluding hydrogens is 395 g/mol. The molecule has 0 amide bonds. The molecule has 0 spiro atoms. The average molecular weight is 416 g/mol. The molecule has 3 aromatic rings. The lowest BCUT2D eigenvalue weighted by Gasteiger charge is -2.16. The predicted octanol–water partition coefficient (Wildman–Crippen LogP) is 2.98. The number of aromatic nitrogens is 1. The van der Waals surface area contributed by atoms with E-state index in [4.69, 9.17) is 9.88 Å². The van der Waals surface area contributed by atoms with Crippen LogP contribution >= 0.6 is 0 Å². The molecule has 1 heterocycles. The summed E-state index contributed by atoms with van der Waals surface area (Å²) in [6.07, 6.45) is 0.0811. The minimum Gasteiger partial charge on any atom is -0.497 e. The minimum atomic E-state index is -3.88. The van der Waals surface area contributed by atoms with Gasteiger partial charge in [0.1, 0.15) is 16.8 Å². The van der Waals surface area contributed by atoms with E-state index < -0.39 is 26.9 Å². The van der Waals surface area contributed by atoms with Crippen LogP contribution in [-0.4, -0.2) is 25.9 Å². The largest absolute Gasteiger partial charge is 0.497 e. The van der Waals surface area contributed by atoms with Crippen molar-refractivity contribution >= 4 is 15.8 Å². The first-order chi connectivity index (χ1) is 13.7. The summed E-state index contributed by atoms with van der Waals surface area (Å²) in [4.78, 5) is 12.8. The number of nitrogens with two attached hydrogens (primary N) is 1. The van der Waals surface area contributed by atoms with Crippen molar-refractivity contribution in [2.24, 2.45) is 12.2 Å². The zero-order valence-corrected chi connectivity index (χ0v) is 16.8. The van der Waals surface area contributed by atoms with Crippen LogP contribution in [0.25, 0.3) is 0 Å². The number of hydrogen-bond donors (Lipinski definition) is 1. The van der Waals surface area contributed by atoms with E-state index in [1.807, 2.05) is 0 Å². The van der Waals surface area contributed by atoms with E-state index in [9.17, 15) is 17.6 Å². The summed E-state index contributed by atoms with van der Waals surface area (Å²) in [5.74, 6) is -0.889. The molecule has 0 fully saturated rings. The van der Waals surface area contributed by atoms with Crippen LogP contribution in [0.1, 0.15) is 32.6 Å². The third kappa shape index (κ3) is 4.38. The average Bonchev–Trinajstić information content (AvgIpc) is 3.05. The number of halogens is 1. The Morgan fingerprint density at radius 1 is 1.14 bits per heavy atom. The van der Waals surface area contributed by atoms with Crippen LogP contribution in [0.2, 0.25) is 0 Å². The topological polar surface area (TPSA) is 91.4 Å². The number of carbonyl (C=O) groups excluding carboxylic acids is 1. The number of rotatable bonds is 7. The van der Waals surface area contributed by atoms with Crippen LogP contribution in [-0.2, 0) is 23.5 Å². The highest BCUT2D eigenvalue weighted by Gasteiger charge is 2.26. The Kier molecular flexibility index (Phi) is 5.86. The third-order valence-electron chi connectivity index (χ3n) is 4.84. The van der Waals surface area contributed by atoms with E-state index in [-0.39, 0.29) is 17.7 Å². The molecule has 152 valence electrons. The Morgan fingerprint density at radius 3 is 2.41 bits per heavy atom. The Bertz CT molecular complexity index is 1140. The highest BCUT2D eigenvalue weighted by atomic mass is 32.2. The molecule has 2 aromatic carbocycles. The van der Waals surface area contributed by atoms with E-state index in [0.717, 1.165) is 6.07 Å². The van der Waals surface area contributed by atoms with Gasteiger partial charge in [0, 0.05) is 25.2 Å². The van der Waals surface area contributed by atoms with E-state index in [0.29, 0.717) is 17.0 Å². The van der Waals surface area contributed by atoms with Crippen LogP contribution in [0.5, 0.6) is 5.75 Å². The van der Waals surface area contributed by atoms with Crippen LogP contribution in [0, 0.1) is 5.82 Å². The van der Waals surface area contributed by atoms with Gasteiger partial charge in [-0.1, -0.05) is 30.3 Å². The van der Waals surface area contributed by atoms with Crippen LogP contribution in [0.3, 0.4) is 0 Å². The molecule has 0 saturated heterocycles. The Labute approximate surface area is 168 Å². The number of sulfonamides is 1. The van der Waals surface area contributed by atoms with Crippen LogP contribution in [0.4, 0.5) is 4.39 Å². The van der Waals surface area contributed by atoms with Gasteiger partial charge >= 0.3 is 0 Å². The molecule has 0 aliphatic rings. The number of primary sulfonamides is 1. The molecule has 1 atom stereocenters. The van der Waals surface area contributed by atoms with E-state index in [1.165, 1.54) is 19.2 Å². The zero-order chi connectivity index (χ0) is 21.2. The van der Waals surface area contributed by atoms with Crippen LogP contribution in [0.15, 0.2) is 60.7 Å². The quantitative estimate of drug-likeness (QED) is 0.600. The van der Waals surface area contributed by atoms with Crippen molar-refractivity contribution in [1.29, 1.82) is 0 Å². The summed E-state index contributed by atoms with van der Waals surface area (Å²) in [6.45, 7) is 0. The second-order valence-electron chi connectivity index (χ2n) is 6.64. The number of ketones is 1. The maximum atomic E-state index is 14.3. The fourth-order valence-corrected chi connectivity index (χ4v) is 4.15. The predicted molar refractivity (Wildman–Crippen MR) is 108 cm³/mol. The molecule has 0 aliphatic heterocycles. The molecule has 0 bridgehead atoms. The molecule has 3 rings (SSSR count). The summed E-state index contributed by atoms with van der Waals surface area (Å²) in [6, 6.07) is 15.8. The summed E-state index contributed by atoms with van der Waals surface area (Å²) in [5, 5.41) is 4.49. The summed E-state index contributed by atoms with van der Waals surface area (Å²) in [5.41, 5.74) is 1.30. The molecule has 0 saturated carbocycles. The lowest BCUT2D eigenvalue weighted by molar-refractivity contribution is 0.102. The number of carbonyl (C=O) groups is 1. The highest BCUT2D eigenvalue weighted by Crippen LogP contribution is 2.26. The molecule has 6 nitrogen and oxygen atoms in total. The first-order valence-corrected chi connectivity index (χ1v) is 10.4. The molecule has 0 aliphatic carbocycles. The van der Waals surface area contributed by atoms with Crippen molar-refractivity contribution in [1.82, 2.24) is 4.57 Å². The van der Waals surface area contributed by atoms with Gasteiger partial charge in [0.2, 0.25) is 15.8 Å². The Balaban J connectivity index is 1.93. The molecular formula is C21H21FN2O4S. The van der Waals surface area contributed by atoms with Gasteiger partial charge < -0.3 is 9.30 Å². The van der Waals surface area contributed by atoms with Crippen LogP contribution < -0.4 is 9.88 Å². The maximum Gasteiger partial charge on any atom is 0.216 e. The molecule has 8 heteroatoms. The number of benzene rings is 2. The zero-order valence-electron chi connectivity index (χ0n) is 16.0. The van der Waals surface area contributed by atoms with Gasteiger partial charge in [0.05, 0.1) is 18.4 Å². The summed E-state index contributed by atoms with van der Waals surface area (Å²) in [7, 11) is -0.837. The first-order valence-electron chi connectivity index (χ1n) is 8.81. The number of ether oxygens (including phenoxy) is 1. The fourth-order valence-electron chi connectivity index (χ4n) is 3.21. The van der Waals surface area contributed by atoms with Crippen molar-refractivity contribution in [3.63, 3.8) is 0 Å². The van der Waals surface area contributed by atoms with E-state index in [2.05, 4.69) is 0 Å². The first kappa shape index (κ1) is 20.8.